The fraction of sp³-hybridized carbons (Fsp3) is 0.533. The minimum absolute atomic E-state index is 0.566. The number of carboxylic acids is 1. The van der Waals surface area contributed by atoms with E-state index in [1.807, 2.05) is 6.92 Å². The Kier molecular flexibility index (Phi) is 3.71. The molecular weight excluding hydrogens is 226 g/mol. The van der Waals surface area contributed by atoms with Crippen LogP contribution in [0.3, 0.4) is 0 Å². The van der Waals surface area contributed by atoms with Crippen molar-refractivity contribution in [2.75, 3.05) is 13.1 Å². The van der Waals surface area contributed by atoms with Crippen LogP contribution in [0.5, 0.6) is 0 Å². The predicted molar refractivity (Wildman–Crippen MR) is 71.5 cm³/mol. The van der Waals surface area contributed by atoms with Gasteiger partial charge >= 0.3 is 5.97 Å². The molecule has 1 fully saturated rings. The summed E-state index contributed by atoms with van der Waals surface area (Å²) < 4.78 is 0. The average Bonchev–Trinajstić information content (AvgIpc) is 2.73. The third kappa shape index (κ3) is 2.72. The Labute approximate surface area is 108 Å². The van der Waals surface area contributed by atoms with Crippen LogP contribution in [0, 0.1) is 5.41 Å². The van der Waals surface area contributed by atoms with E-state index in [2.05, 4.69) is 36.1 Å². The number of carboxylic acid groups (broad SMARTS) is 1. The highest BCUT2D eigenvalue weighted by Crippen LogP contribution is 2.30. The predicted octanol–water partition coefficient (Wildman–Crippen LogP) is 2.55. The quantitative estimate of drug-likeness (QED) is 0.889. The van der Waals surface area contributed by atoms with Gasteiger partial charge in [-0.05, 0) is 37.4 Å². The zero-order chi connectivity index (χ0) is 13.2. The number of aliphatic carboxylic acids is 1. The molecule has 0 bridgehead atoms. The van der Waals surface area contributed by atoms with Gasteiger partial charge in [0.25, 0.3) is 0 Å². The van der Waals surface area contributed by atoms with Crippen LogP contribution in [0.4, 0.5) is 0 Å². The Morgan fingerprint density at radius 2 is 1.94 bits per heavy atom. The molecule has 1 heterocycles. The Morgan fingerprint density at radius 3 is 2.44 bits per heavy atom. The summed E-state index contributed by atoms with van der Waals surface area (Å²) in [6.45, 7) is 6.37. The average molecular weight is 247 g/mol. The molecule has 1 N–H and O–H groups in total. The summed E-state index contributed by atoms with van der Waals surface area (Å²) in [5, 5.41) is 9.20. The molecule has 1 saturated heterocycles. The van der Waals surface area contributed by atoms with Gasteiger partial charge in [-0.2, -0.15) is 0 Å². The lowest BCUT2D eigenvalue weighted by Crippen LogP contribution is -2.31. The van der Waals surface area contributed by atoms with E-state index in [4.69, 9.17) is 0 Å². The highest BCUT2D eigenvalue weighted by Gasteiger charge is 2.40. The normalized spacial score (nSPS) is 24.3. The Bertz CT molecular complexity index is 427. The number of rotatable bonds is 4. The molecule has 0 radical (unpaired) electrons. The van der Waals surface area contributed by atoms with E-state index >= 15 is 0 Å². The zero-order valence-corrected chi connectivity index (χ0v) is 11.1. The molecule has 2 rings (SSSR count). The van der Waals surface area contributed by atoms with Crippen molar-refractivity contribution in [2.24, 2.45) is 5.41 Å². The molecule has 18 heavy (non-hydrogen) atoms. The molecule has 0 aromatic heterocycles. The summed E-state index contributed by atoms with van der Waals surface area (Å²) in [6, 6.07) is 8.61. The van der Waals surface area contributed by atoms with Gasteiger partial charge in [0.05, 0.1) is 5.41 Å². The lowest BCUT2D eigenvalue weighted by Gasteiger charge is -2.20. The molecule has 1 atom stereocenters. The number of aryl methyl sites for hydroxylation is 1. The number of hydrogen-bond acceptors (Lipinski definition) is 2. The number of likely N-dealkylation sites (tertiary alicyclic amines) is 1. The largest absolute Gasteiger partial charge is 0.481 e. The maximum absolute atomic E-state index is 11.2. The molecule has 0 aliphatic carbocycles. The number of benzene rings is 1. The fourth-order valence-electron chi connectivity index (χ4n) is 2.50. The Balaban J connectivity index is 1.97. The number of carbonyl (C=O) groups is 1. The second-order valence-electron chi connectivity index (χ2n) is 5.50. The van der Waals surface area contributed by atoms with Gasteiger partial charge in [0.15, 0.2) is 0 Å². The third-order valence-corrected chi connectivity index (χ3v) is 3.91. The molecule has 1 aromatic rings. The molecule has 98 valence electrons. The minimum Gasteiger partial charge on any atom is -0.481 e. The molecule has 0 spiro atoms. The monoisotopic (exact) mass is 247 g/mol. The van der Waals surface area contributed by atoms with Gasteiger partial charge in [0, 0.05) is 13.1 Å². The lowest BCUT2D eigenvalue weighted by molar-refractivity contribution is -0.147. The van der Waals surface area contributed by atoms with Gasteiger partial charge in [-0.15, -0.1) is 0 Å². The van der Waals surface area contributed by atoms with Gasteiger partial charge < -0.3 is 5.11 Å². The first kappa shape index (κ1) is 13.1. The summed E-state index contributed by atoms with van der Waals surface area (Å²) in [5.41, 5.74) is 2.04. The molecule has 0 amide bonds. The van der Waals surface area contributed by atoms with Crippen molar-refractivity contribution < 1.29 is 9.90 Å². The molecule has 1 aromatic carbocycles. The zero-order valence-electron chi connectivity index (χ0n) is 11.1. The molecule has 1 aliphatic heterocycles. The van der Waals surface area contributed by atoms with Crippen LogP contribution in [0.15, 0.2) is 24.3 Å². The van der Waals surface area contributed by atoms with Crippen LogP contribution in [0.25, 0.3) is 0 Å². The molecular formula is C15H21NO2. The van der Waals surface area contributed by atoms with Crippen molar-refractivity contribution in [3.63, 3.8) is 0 Å². The summed E-state index contributed by atoms with van der Waals surface area (Å²) in [4.78, 5) is 13.4. The van der Waals surface area contributed by atoms with E-state index in [0.717, 1.165) is 25.9 Å². The van der Waals surface area contributed by atoms with E-state index < -0.39 is 11.4 Å². The molecule has 3 heteroatoms. The first-order chi connectivity index (χ1) is 8.53. The van der Waals surface area contributed by atoms with Crippen molar-refractivity contribution in [3.05, 3.63) is 35.4 Å². The summed E-state index contributed by atoms with van der Waals surface area (Å²) in [5.74, 6) is -0.675. The standard InChI is InChI=1S/C15H21NO2/c1-3-12-4-6-13(7-5-12)10-16-9-8-15(2,11-16)14(17)18/h4-7H,3,8-11H2,1-2H3,(H,17,18). The van der Waals surface area contributed by atoms with Crippen molar-refractivity contribution in [2.45, 2.75) is 33.2 Å². The van der Waals surface area contributed by atoms with Crippen LogP contribution in [0.2, 0.25) is 0 Å². The SMILES string of the molecule is CCc1ccc(CN2CCC(C)(C(=O)O)C2)cc1. The molecule has 1 aliphatic rings. The number of hydrogen-bond donors (Lipinski definition) is 1. The van der Waals surface area contributed by atoms with Gasteiger partial charge in [0.2, 0.25) is 0 Å². The van der Waals surface area contributed by atoms with Gasteiger partial charge in [0.1, 0.15) is 0 Å². The maximum Gasteiger partial charge on any atom is 0.310 e. The second kappa shape index (κ2) is 5.11. The smallest absolute Gasteiger partial charge is 0.310 e. The molecule has 1 unspecified atom stereocenters. The summed E-state index contributed by atoms with van der Waals surface area (Å²) in [6.07, 6.45) is 1.80. The summed E-state index contributed by atoms with van der Waals surface area (Å²) >= 11 is 0. The first-order valence-corrected chi connectivity index (χ1v) is 6.57. The highest BCUT2D eigenvalue weighted by molar-refractivity contribution is 5.74. The highest BCUT2D eigenvalue weighted by atomic mass is 16.4. The minimum atomic E-state index is -0.675. The fourth-order valence-corrected chi connectivity index (χ4v) is 2.50. The molecule has 3 nitrogen and oxygen atoms in total. The van der Waals surface area contributed by atoms with Crippen LogP contribution >= 0.6 is 0 Å². The van der Waals surface area contributed by atoms with Crippen molar-refractivity contribution in [1.82, 2.24) is 4.90 Å². The van der Waals surface area contributed by atoms with E-state index in [1.54, 1.807) is 0 Å². The Hall–Kier alpha value is -1.35. The van der Waals surface area contributed by atoms with Crippen LogP contribution in [0.1, 0.15) is 31.4 Å². The third-order valence-electron chi connectivity index (χ3n) is 3.91. The topological polar surface area (TPSA) is 40.5 Å². The van der Waals surface area contributed by atoms with Crippen molar-refractivity contribution in [1.29, 1.82) is 0 Å². The number of nitrogens with zero attached hydrogens (tertiary/aromatic N) is 1. The second-order valence-corrected chi connectivity index (χ2v) is 5.50. The maximum atomic E-state index is 11.2. The van der Waals surface area contributed by atoms with Gasteiger partial charge in [-0.25, -0.2) is 0 Å². The van der Waals surface area contributed by atoms with Crippen molar-refractivity contribution >= 4 is 5.97 Å². The van der Waals surface area contributed by atoms with E-state index in [1.165, 1.54) is 11.1 Å². The van der Waals surface area contributed by atoms with E-state index in [-0.39, 0.29) is 0 Å². The Morgan fingerprint density at radius 1 is 1.33 bits per heavy atom. The summed E-state index contributed by atoms with van der Waals surface area (Å²) in [7, 11) is 0. The van der Waals surface area contributed by atoms with Gasteiger partial charge in [-0.3, -0.25) is 9.69 Å². The van der Waals surface area contributed by atoms with Gasteiger partial charge in [-0.1, -0.05) is 31.2 Å². The van der Waals surface area contributed by atoms with Crippen LogP contribution < -0.4 is 0 Å². The van der Waals surface area contributed by atoms with E-state index in [0.29, 0.717) is 6.54 Å². The lowest BCUT2D eigenvalue weighted by atomic mass is 9.90. The first-order valence-electron chi connectivity index (χ1n) is 6.57. The molecule has 0 saturated carbocycles. The van der Waals surface area contributed by atoms with Crippen molar-refractivity contribution in [3.8, 4) is 0 Å². The van der Waals surface area contributed by atoms with E-state index in [9.17, 15) is 9.90 Å². The van der Waals surface area contributed by atoms with Crippen LogP contribution in [-0.2, 0) is 17.8 Å². The van der Waals surface area contributed by atoms with Crippen LogP contribution in [-0.4, -0.2) is 29.1 Å².